The van der Waals surface area contributed by atoms with Crippen molar-refractivity contribution in [3.8, 4) is 0 Å². The molecule has 152 valence electrons. The molecule has 3 heterocycles. The molecule has 0 radical (unpaired) electrons. The minimum atomic E-state index is 0.0228. The number of amides is 1. The first-order chi connectivity index (χ1) is 13.5. The molecule has 2 aromatic rings. The third-order valence-corrected chi connectivity index (χ3v) is 5.04. The minimum absolute atomic E-state index is 0.0228. The topological polar surface area (TPSA) is 96.2 Å². The van der Waals surface area contributed by atoms with E-state index in [9.17, 15) is 4.79 Å². The van der Waals surface area contributed by atoms with Crippen LogP contribution in [0.1, 0.15) is 48.5 Å². The molecule has 0 atom stereocenters. The van der Waals surface area contributed by atoms with Gasteiger partial charge in [-0.05, 0) is 46.5 Å². The molecule has 1 aliphatic rings. The maximum Gasteiger partial charge on any atom is 0.220 e. The quantitative estimate of drug-likeness (QED) is 0.673. The molecular formula is C20H30N6O2. The highest BCUT2D eigenvalue weighted by atomic mass is 16.5. The monoisotopic (exact) mass is 386 g/mol. The SMILES string of the molecule is Cc1nc(NCCNC(=O)CCc2c(C)noc2C)cc(N2CCCCC2)n1. The molecule has 0 bridgehead atoms. The summed E-state index contributed by atoms with van der Waals surface area (Å²) in [7, 11) is 0. The lowest BCUT2D eigenvalue weighted by atomic mass is 10.1. The number of anilines is 2. The fourth-order valence-electron chi connectivity index (χ4n) is 3.51. The van der Waals surface area contributed by atoms with Gasteiger partial charge in [-0.15, -0.1) is 0 Å². The van der Waals surface area contributed by atoms with Gasteiger partial charge in [0.25, 0.3) is 0 Å². The highest BCUT2D eigenvalue weighted by Crippen LogP contribution is 2.20. The highest BCUT2D eigenvalue weighted by Gasteiger charge is 2.14. The molecule has 0 spiro atoms. The summed E-state index contributed by atoms with van der Waals surface area (Å²) in [5, 5.41) is 10.2. The zero-order valence-corrected chi connectivity index (χ0v) is 17.0. The first-order valence-corrected chi connectivity index (χ1v) is 10.1. The number of aromatic nitrogens is 3. The number of nitrogens with one attached hydrogen (secondary N) is 2. The van der Waals surface area contributed by atoms with Gasteiger partial charge in [-0.25, -0.2) is 9.97 Å². The van der Waals surface area contributed by atoms with Gasteiger partial charge in [0.05, 0.1) is 5.69 Å². The van der Waals surface area contributed by atoms with Crippen LogP contribution in [0.4, 0.5) is 11.6 Å². The van der Waals surface area contributed by atoms with E-state index in [1.807, 2.05) is 26.8 Å². The first kappa shape index (κ1) is 20.1. The Bertz CT molecular complexity index is 778. The van der Waals surface area contributed by atoms with Crippen LogP contribution in [0.3, 0.4) is 0 Å². The molecule has 8 nitrogen and oxygen atoms in total. The van der Waals surface area contributed by atoms with Crippen molar-refractivity contribution in [3.63, 3.8) is 0 Å². The van der Waals surface area contributed by atoms with E-state index in [0.717, 1.165) is 47.6 Å². The Kier molecular flexibility index (Phi) is 6.84. The smallest absolute Gasteiger partial charge is 0.220 e. The summed E-state index contributed by atoms with van der Waals surface area (Å²) in [6, 6.07) is 2.00. The van der Waals surface area contributed by atoms with Crippen LogP contribution in [0.15, 0.2) is 10.6 Å². The van der Waals surface area contributed by atoms with Crippen LogP contribution in [0.25, 0.3) is 0 Å². The minimum Gasteiger partial charge on any atom is -0.368 e. The molecule has 1 saturated heterocycles. The van der Waals surface area contributed by atoms with Crippen molar-refractivity contribution in [2.24, 2.45) is 0 Å². The zero-order valence-electron chi connectivity index (χ0n) is 17.0. The normalized spacial score (nSPS) is 14.2. The second-order valence-electron chi connectivity index (χ2n) is 7.29. The molecule has 1 amide bonds. The van der Waals surface area contributed by atoms with Gasteiger partial charge in [0, 0.05) is 44.2 Å². The highest BCUT2D eigenvalue weighted by molar-refractivity contribution is 5.76. The van der Waals surface area contributed by atoms with Gasteiger partial charge in [-0.1, -0.05) is 5.16 Å². The average molecular weight is 387 g/mol. The molecular weight excluding hydrogens is 356 g/mol. The van der Waals surface area contributed by atoms with E-state index in [1.54, 1.807) is 0 Å². The van der Waals surface area contributed by atoms with Crippen molar-refractivity contribution >= 4 is 17.5 Å². The van der Waals surface area contributed by atoms with Crippen molar-refractivity contribution in [3.05, 3.63) is 28.9 Å². The van der Waals surface area contributed by atoms with Crippen LogP contribution >= 0.6 is 0 Å². The maximum atomic E-state index is 12.1. The van der Waals surface area contributed by atoms with E-state index in [-0.39, 0.29) is 5.91 Å². The Morgan fingerprint density at radius 3 is 2.64 bits per heavy atom. The molecule has 2 aromatic heterocycles. The zero-order chi connectivity index (χ0) is 19.9. The summed E-state index contributed by atoms with van der Waals surface area (Å²) in [4.78, 5) is 23.4. The summed E-state index contributed by atoms with van der Waals surface area (Å²) in [6.45, 7) is 8.95. The van der Waals surface area contributed by atoms with Crippen LogP contribution < -0.4 is 15.5 Å². The summed E-state index contributed by atoms with van der Waals surface area (Å²) in [5.41, 5.74) is 1.88. The lowest BCUT2D eigenvalue weighted by molar-refractivity contribution is -0.120. The van der Waals surface area contributed by atoms with Gasteiger partial charge in [-0.2, -0.15) is 0 Å². The molecule has 0 saturated carbocycles. The number of piperidine rings is 1. The van der Waals surface area contributed by atoms with E-state index < -0.39 is 0 Å². The lowest BCUT2D eigenvalue weighted by Crippen LogP contribution is -2.31. The van der Waals surface area contributed by atoms with Crippen LogP contribution in [0, 0.1) is 20.8 Å². The number of hydrogen-bond donors (Lipinski definition) is 2. The second kappa shape index (κ2) is 9.52. The number of carbonyl (C=O) groups is 1. The predicted octanol–water partition coefficient (Wildman–Crippen LogP) is 2.54. The molecule has 0 aromatic carbocycles. The van der Waals surface area contributed by atoms with Gasteiger partial charge >= 0.3 is 0 Å². The van der Waals surface area contributed by atoms with Gasteiger partial charge in [0.1, 0.15) is 23.2 Å². The largest absolute Gasteiger partial charge is 0.368 e. The third-order valence-electron chi connectivity index (χ3n) is 5.04. The predicted molar refractivity (Wildman–Crippen MR) is 109 cm³/mol. The van der Waals surface area contributed by atoms with Crippen LogP contribution in [0.2, 0.25) is 0 Å². The van der Waals surface area contributed by atoms with Crippen molar-refractivity contribution in [1.29, 1.82) is 0 Å². The summed E-state index contributed by atoms with van der Waals surface area (Å²) >= 11 is 0. The Morgan fingerprint density at radius 2 is 1.93 bits per heavy atom. The van der Waals surface area contributed by atoms with Crippen molar-refractivity contribution in [1.82, 2.24) is 20.4 Å². The van der Waals surface area contributed by atoms with Gasteiger partial charge < -0.3 is 20.1 Å². The first-order valence-electron chi connectivity index (χ1n) is 10.1. The van der Waals surface area contributed by atoms with Crippen LogP contribution in [-0.2, 0) is 11.2 Å². The van der Waals surface area contributed by atoms with E-state index in [4.69, 9.17) is 4.52 Å². The second-order valence-corrected chi connectivity index (χ2v) is 7.29. The van der Waals surface area contributed by atoms with Gasteiger partial charge in [0.15, 0.2) is 0 Å². The standard InChI is InChI=1S/C20H30N6O2/c1-14-17(15(2)28-25-14)7-8-20(27)22-10-9-21-18-13-19(24-16(3)23-18)26-11-5-4-6-12-26/h13H,4-12H2,1-3H3,(H,22,27)(H,21,23,24). The molecule has 1 aliphatic heterocycles. The summed E-state index contributed by atoms with van der Waals surface area (Å²) in [5.74, 6) is 3.36. The van der Waals surface area contributed by atoms with Crippen molar-refractivity contribution in [2.75, 3.05) is 36.4 Å². The Labute approximate surface area is 166 Å². The molecule has 1 fully saturated rings. The fraction of sp³-hybridized carbons (Fsp3) is 0.600. The molecule has 28 heavy (non-hydrogen) atoms. The molecule has 2 N–H and O–H groups in total. The summed E-state index contributed by atoms with van der Waals surface area (Å²) in [6.07, 6.45) is 4.79. The third kappa shape index (κ3) is 5.43. The Morgan fingerprint density at radius 1 is 1.14 bits per heavy atom. The molecule has 0 aliphatic carbocycles. The number of hydrogen-bond acceptors (Lipinski definition) is 7. The van der Waals surface area contributed by atoms with E-state index in [2.05, 4.69) is 30.7 Å². The fourth-order valence-corrected chi connectivity index (χ4v) is 3.51. The van der Waals surface area contributed by atoms with Crippen molar-refractivity contribution in [2.45, 2.75) is 52.9 Å². The lowest BCUT2D eigenvalue weighted by Gasteiger charge is -2.28. The summed E-state index contributed by atoms with van der Waals surface area (Å²) < 4.78 is 5.13. The molecule has 0 unspecified atom stereocenters. The Balaban J connectivity index is 1.42. The van der Waals surface area contributed by atoms with Gasteiger partial charge in [0.2, 0.25) is 5.91 Å². The number of carbonyl (C=O) groups excluding carboxylic acids is 1. The van der Waals surface area contributed by atoms with E-state index in [0.29, 0.717) is 25.9 Å². The Hall–Kier alpha value is -2.64. The number of rotatable bonds is 8. The van der Waals surface area contributed by atoms with Crippen LogP contribution in [0.5, 0.6) is 0 Å². The van der Waals surface area contributed by atoms with E-state index >= 15 is 0 Å². The number of aryl methyl sites for hydroxylation is 3. The molecule has 3 rings (SSSR count). The van der Waals surface area contributed by atoms with Crippen LogP contribution in [-0.4, -0.2) is 47.2 Å². The van der Waals surface area contributed by atoms with Crippen molar-refractivity contribution < 1.29 is 9.32 Å². The number of nitrogens with zero attached hydrogens (tertiary/aromatic N) is 4. The average Bonchev–Trinajstić information content (AvgIpc) is 3.01. The van der Waals surface area contributed by atoms with E-state index in [1.165, 1.54) is 19.3 Å². The maximum absolute atomic E-state index is 12.1. The molecule has 8 heteroatoms. The van der Waals surface area contributed by atoms with Gasteiger partial charge in [-0.3, -0.25) is 4.79 Å².